The summed E-state index contributed by atoms with van der Waals surface area (Å²) in [5, 5.41) is 4.08. The normalized spacial score (nSPS) is 15.9. The van der Waals surface area contributed by atoms with E-state index in [1.165, 1.54) is 16.7 Å². The van der Waals surface area contributed by atoms with Crippen LogP contribution in [0.4, 0.5) is 0 Å². The fraction of sp³-hybridized carbons (Fsp3) is 0.263. The average molecular weight is 322 g/mol. The third-order valence-electron chi connectivity index (χ3n) is 4.42. The monoisotopic (exact) mass is 322 g/mol. The zero-order valence-electron chi connectivity index (χ0n) is 13.9. The SMILES string of the molecule is COc1ccc(-c2noc(C3Cc4cc(C)c(C)cc4O3)n2)cc1. The quantitative estimate of drug-likeness (QED) is 0.728. The van der Waals surface area contributed by atoms with Crippen LogP contribution in [-0.4, -0.2) is 17.3 Å². The largest absolute Gasteiger partial charge is 0.497 e. The predicted molar refractivity (Wildman–Crippen MR) is 89.3 cm³/mol. The van der Waals surface area contributed by atoms with Gasteiger partial charge in [-0.1, -0.05) is 11.2 Å². The molecule has 0 fully saturated rings. The molecule has 4 rings (SSSR count). The van der Waals surface area contributed by atoms with Crippen LogP contribution in [0.15, 0.2) is 40.9 Å². The maximum Gasteiger partial charge on any atom is 0.268 e. The number of rotatable bonds is 3. The van der Waals surface area contributed by atoms with E-state index in [0.29, 0.717) is 11.7 Å². The summed E-state index contributed by atoms with van der Waals surface area (Å²) in [6.45, 7) is 4.19. The summed E-state index contributed by atoms with van der Waals surface area (Å²) in [5.41, 5.74) is 4.56. The second kappa shape index (κ2) is 5.67. The van der Waals surface area contributed by atoms with Crippen LogP contribution in [0.3, 0.4) is 0 Å². The van der Waals surface area contributed by atoms with E-state index < -0.39 is 0 Å². The zero-order valence-corrected chi connectivity index (χ0v) is 13.9. The summed E-state index contributed by atoms with van der Waals surface area (Å²) in [6, 6.07) is 11.8. The zero-order chi connectivity index (χ0) is 16.7. The average Bonchev–Trinajstić information content (AvgIpc) is 3.22. The lowest BCUT2D eigenvalue weighted by Crippen LogP contribution is -2.03. The number of fused-ring (bicyclic) bond motifs is 1. The Bertz CT molecular complexity index is 853. The van der Waals surface area contributed by atoms with E-state index in [1.807, 2.05) is 24.3 Å². The van der Waals surface area contributed by atoms with Gasteiger partial charge >= 0.3 is 0 Å². The molecule has 0 saturated heterocycles. The molecule has 24 heavy (non-hydrogen) atoms. The maximum absolute atomic E-state index is 6.00. The van der Waals surface area contributed by atoms with E-state index in [-0.39, 0.29) is 6.10 Å². The molecule has 0 bridgehead atoms. The molecule has 2 aromatic carbocycles. The van der Waals surface area contributed by atoms with E-state index in [2.05, 4.69) is 36.1 Å². The Morgan fingerprint density at radius 2 is 1.83 bits per heavy atom. The molecule has 0 amide bonds. The first-order valence-corrected chi connectivity index (χ1v) is 7.89. The summed E-state index contributed by atoms with van der Waals surface area (Å²) in [7, 11) is 1.64. The van der Waals surface area contributed by atoms with Crippen LogP contribution in [0.25, 0.3) is 11.4 Å². The Hall–Kier alpha value is -2.82. The highest BCUT2D eigenvalue weighted by atomic mass is 16.5. The third-order valence-corrected chi connectivity index (χ3v) is 4.42. The summed E-state index contributed by atoms with van der Waals surface area (Å²) < 4.78 is 16.6. The highest BCUT2D eigenvalue weighted by Crippen LogP contribution is 2.38. The molecule has 0 aliphatic carbocycles. The minimum atomic E-state index is -0.222. The van der Waals surface area contributed by atoms with Crippen molar-refractivity contribution in [1.29, 1.82) is 0 Å². The third kappa shape index (κ3) is 2.52. The minimum Gasteiger partial charge on any atom is -0.497 e. The Balaban J connectivity index is 1.57. The molecule has 122 valence electrons. The lowest BCUT2D eigenvalue weighted by molar-refractivity contribution is 0.183. The smallest absolute Gasteiger partial charge is 0.268 e. The van der Waals surface area contributed by atoms with Crippen molar-refractivity contribution in [2.45, 2.75) is 26.4 Å². The van der Waals surface area contributed by atoms with E-state index in [9.17, 15) is 0 Å². The topological polar surface area (TPSA) is 57.4 Å². The summed E-state index contributed by atoms with van der Waals surface area (Å²) in [5.74, 6) is 2.77. The number of methoxy groups -OCH3 is 1. The van der Waals surface area contributed by atoms with E-state index >= 15 is 0 Å². The number of ether oxygens (including phenoxy) is 2. The number of hydrogen-bond donors (Lipinski definition) is 0. The lowest BCUT2D eigenvalue weighted by atomic mass is 10.0. The standard InChI is InChI=1S/C19H18N2O3/c1-11-8-14-10-17(23-16(14)9-12(11)2)19-20-18(21-24-19)13-4-6-15(22-3)7-5-13/h4-9,17H,10H2,1-3H3. The van der Waals surface area contributed by atoms with Gasteiger partial charge in [-0.15, -0.1) is 0 Å². The molecule has 0 N–H and O–H groups in total. The molecule has 2 heterocycles. The van der Waals surface area contributed by atoms with Gasteiger partial charge in [-0.05, 0) is 60.9 Å². The van der Waals surface area contributed by atoms with Crippen LogP contribution >= 0.6 is 0 Å². The van der Waals surface area contributed by atoms with Gasteiger partial charge in [-0.2, -0.15) is 4.98 Å². The van der Waals surface area contributed by atoms with Gasteiger partial charge in [-0.3, -0.25) is 0 Å². The van der Waals surface area contributed by atoms with Crippen molar-refractivity contribution in [3.8, 4) is 22.9 Å². The van der Waals surface area contributed by atoms with E-state index in [4.69, 9.17) is 14.0 Å². The number of nitrogens with zero attached hydrogens (tertiary/aromatic N) is 2. The Morgan fingerprint density at radius 1 is 1.08 bits per heavy atom. The molecule has 1 aliphatic heterocycles. The van der Waals surface area contributed by atoms with E-state index in [0.717, 1.165) is 23.5 Å². The minimum absolute atomic E-state index is 0.222. The molecule has 0 spiro atoms. The molecular formula is C19H18N2O3. The van der Waals surface area contributed by atoms with Gasteiger partial charge in [-0.25, -0.2) is 0 Å². The summed E-state index contributed by atoms with van der Waals surface area (Å²) in [4.78, 5) is 4.50. The van der Waals surface area contributed by atoms with Crippen molar-refractivity contribution >= 4 is 0 Å². The first kappa shape index (κ1) is 14.8. The Morgan fingerprint density at radius 3 is 2.58 bits per heavy atom. The first-order chi connectivity index (χ1) is 11.6. The second-order valence-corrected chi connectivity index (χ2v) is 6.04. The molecule has 1 atom stereocenters. The molecule has 3 aromatic rings. The summed E-state index contributed by atoms with van der Waals surface area (Å²) >= 11 is 0. The van der Waals surface area contributed by atoms with Crippen LogP contribution < -0.4 is 9.47 Å². The second-order valence-electron chi connectivity index (χ2n) is 6.04. The Kier molecular flexibility index (Phi) is 3.49. The molecule has 1 unspecified atom stereocenters. The molecule has 0 radical (unpaired) electrons. The highest BCUT2D eigenvalue weighted by molar-refractivity contribution is 5.55. The molecule has 1 aliphatic rings. The predicted octanol–water partition coefficient (Wildman–Crippen LogP) is 4.04. The molecule has 1 aromatic heterocycles. The number of hydrogen-bond acceptors (Lipinski definition) is 5. The van der Waals surface area contributed by atoms with E-state index in [1.54, 1.807) is 7.11 Å². The van der Waals surface area contributed by atoms with Crippen molar-refractivity contribution < 1.29 is 14.0 Å². The first-order valence-electron chi connectivity index (χ1n) is 7.89. The van der Waals surface area contributed by atoms with Crippen LogP contribution in [0.5, 0.6) is 11.5 Å². The molecule has 5 heteroatoms. The van der Waals surface area contributed by atoms with Crippen LogP contribution in [0, 0.1) is 13.8 Å². The maximum atomic E-state index is 6.00. The van der Waals surface area contributed by atoms with Gasteiger partial charge < -0.3 is 14.0 Å². The highest BCUT2D eigenvalue weighted by Gasteiger charge is 2.29. The van der Waals surface area contributed by atoms with Crippen molar-refractivity contribution in [1.82, 2.24) is 10.1 Å². The molecule has 5 nitrogen and oxygen atoms in total. The van der Waals surface area contributed by atoms with Crippen molar-refractivity contribution in [2.75, 3.05) is 7.11 Å². The van der Waals surface area contributed by atoms with Gasteiger partial charge in [0.2, 0.25) is 5.82 Å². The Labute approximate surface area is 140 Å². The van der Waals surface area contributed by atoms with Crippen molar-refractivity contribution in [3.63, 3.8) is 0 Å². The van der Waals surface area contributed by atoms with Gasteiger partial charge in [0.05, 0.1) is 7.11 Å². The fourth-order valence-corrected chi connectivity index (χ4v) is 2.87. The van der Waals surface area contributed by atoms with Gasteiger partial charge in [0.25, 0.3) is 5.89 Å². The molecule has 0 saturated carbocycles. The van der Waals surface area contributed by atoms with Crippen molar-refractivity contribution in [3.05, 3.63) is 59.0 Å². The van der Waals surface area contributed by atoms with Gasteiger partial charge in [0.1, 0.15) is 11.5 Å². The number of aryl methyl sites for hydroxylation is 2. The molecular weight excluding hydrogens is 304 g/mol. The van der Waals surface area contributed by atoms with Gasteiger partial charge in [0, 0.05) is 12.0 Å². The van der Waals surface area contributed by atoms with Crippen LogP contribution in [-0.2, 0) is 6.42 Å². The van der Waals surface area contributed by atoms with Gasteiger partial charge in [0.15, 0.2) is 6.10 Å². The number of benzene rings is 2. The lowest BCUT2D eigenvalue weighted by Gasteiger charge is -2.05. The summed E-state index contributed by atoms with van der Waals surface area (Å²) in [6.07, 6.45) is 0.529. The fourth-order valence-electron chi connectivity index (χ4n) is 2.87. The van der Waals surface area contributed by atoms with Crippen LogP contribution in [0.1, 0.15) is 28.7 Å². The van der Waals surface area contributed by atoms with Crippen LogP contribution in [0.2, 0.25) is 0 Å². The van der Waals surface area contributed by atoms with Crippen molar-refractivity contribution in [2.24, 2.45) is 0 Å². The number of aromatic nitrogens is 2.